The molecule has 0 radical (unpaired) electrons. The van der Waals surface area contributed by atoms with Gasteiger partial charge in [-0.3, -0.25) is 4.79 Å². The van der Waals surface area contributed by atoms with Gasteiger partial charge in [0.15, 0.2) is 5.78 Å². The maximum atomic E-state index is 12.0. The van der Waals surface area contributed by atoms with Crippen molar-refractivity contribution in [3.63, 3.8) is 0 Å². The number of allylic oxidation sites excluding steroid dienone is 1. The van der Waals surface area contributed by atoms with Crippen LogP contribution in [0.25, 0.3) is 6.08 Å². The van der Waals surface area contributed by atoms with Crippen molar-refractivity contribution >= 4 is 17.5 Å². The van der Waals surface area contributed by atoms with Crippen LogP contribution in [0.5, 0.6) is 0 Å². The van der Waals surface area contributed by atoms with Gasteiger partial charge in [0.2, 0.25) is 0 Å². The van der Waals surface area contributed by atoms with Crippen molar-refractivity contribution in [2.75, 3.05) is 19.0 Å². The van der Waals surface area contributed by atoms with Crippen LogP contribution in [0.3, 0.4) is 0 Å². The molecule has 0 saturated heterocycles. The van der Waals surface area contributed by atoms with E-state index < -0.39 is 0 Å². The maximum absolute atomic E-state index is 12.0. The molecule has 2 aromatic rings. The molecule has 21 heavy (non-hydrogen) atoms. The van der Waals surface area contributed by atoms with Crippen LogP contribution in [-0.4, -0.2) is 19.9 Å². The Morgan fingerprint density at radius 1 is 1.05 bits per heavy atom. The van der Waals surface area contributed by atoms with Gasteiger partial charge >= 0.3 is 0 Å². The SMILES string of the molecule is CN(C)c1ccc(C=CC(=O)c2ccc(C#N)cc2)cc1. The molecule has 0 aliphatic rings. The molecular formula is C18H16N2O. The highest BCUT2D eigenvalue weighted by Crippen LogP contribution is 2.13. The van der Waals surface area contributed by atoms with Crippen LogP contribution in [0.1, 0.15) is 21.5 Å². The molecule has 0 aromatic heterocycles. The van der Waals surface area contributed by atoms with E-state index in [4.69, 9.17) is 5.26 Å². The molecule has 3 nitrogen and oxygen atoms in total. The lowest BCUT2D eigenvalue weighted by atomic mass is 10.1. The number of hydrogen-bond donors (Lipinski definition) is 0. The first-order valence-electron chi connectivity index (χ1n) is 6.60. The molecule has 0 saturated carbocycles. The van der Waals surface area contributed by atoms with Crippen LogP contribution in [0, 0.1) is 11.3 Å². The number of carbonyl (C=O) groups excluding carboxylic acids is 1. The van der Waals surface area contributed by atoms with Crippen LogP contribution >= 0.6 is 0 Å². The molecule has 0 fully saturated rings. The molecule has 0 aliphatic carbocycles. The average Bonchev–Trinajstić information content (AvgIpc) is 2.53. The zero-order valence-electron chi connectivity index (χ0n) is 12.1. The predicted molar refractivity (Wildman–Crippen MR) is 85.3 cm³/mol. The molecule has 0 unspecified atom stereocenters. The molecule has 0 amide bonds. The Bertz CT molecular complexity index is 689. The van der Waals surface area contributed by atoms with Gasteiger partial charge in [-0.15, -0.1) is 0 Å². The second-order valence-electron chi connectivity index (χ2n) is 4.87. The lowest BCUT2D eigenvalue weighted by molar-refractivity contribution is 0.104. The number of nitrogens with zero attached hydrogens (tertiary/aromatic N) is 2. The third kappa shape index (κ3) is 3.80. The Morgan fingerprint density at radius 2 is 1.67 bits per heavy atom. The second kappa shape index (κ2) is 6.53. The van der Waals surface area contributed by atoms with Gasteiger partial charge in [-0.1, -0.05) is 18.2 Å². The summed E-state index contributed by atoms with van der Waals surface area (Å²) in [5, 5.41) is 8.73. The zero-order valence-corrected chi connectivity index (χ0v) is 12.1. The molecule has 0 aliphatic heterocycles. The highest BCUT2D eigenvalue weighted by Gasteiger charge is 2.01. The fourth-order valence-corrected chi connectivity index (χ4v) is 1.86. The van der Waals surface area contributed by atoms with E-state index in [1.54, 1.807) is 36.4 Å². The lowest BCUT2D eigenvalue weighted by Crippen LogP contribution is -2.07. The summed E-state index contributed by atoms with van der Waals surface area (Å²) in [5.74, 6) is -0.0730. The summed E-state index contributed by atoms with van der Waals surface area (Å²) in [4.78, 5) is 14.0. The van der Waals surface area contributed by atoms with Crippen LogP contribution in [0.2, 0.25) is 0 Å². The number of ketones is 1. The summed E-state index contributed by atoms with van der Waals surface area (Å²) in [5.41, 5.74) is 3.22. The van der Waals surface area contributed by atoms with E-state index in [1.165, 1.54) is 0 Å². The molecule has 2 rings (SSSR count). The average molecular weight is 276 g/mol. The van der Waals surface area contributed by atoms with E-state index >= 15 is 0 Å². The first-order valence-corrected chi connectivity index (χ1v) is 6.60. The molecule has 104 valence electrons. The first kappa shape index (κ1) is 14.5. The van der Waals surface area contributed by atoms with E-state index in [1.807, 2.05) is 49.3 Å². The van der Waals surface area contributed by atoms with Gasteiger partial charge < -0.3 is 4.90 Å². The molecule has 0 spiro atoms. The maximum Gasteiger partial charge on any atom is 0.185 e. The topological polar surface area (TPSA) is 44.1 Å². The van der Waals surface area contributed by atoms with Gasteiger partial charge in [0.05, 0.1) is 11.6 Å². The monoisotopic (exact) mass is 276 g/mol. The van der Waals surface area contributed by atoms with E-state index in [-0.39, 0.29) is 5.78 Å². The molecule has 2 aromatic carbocycles. The largest absolute Gasteiger partial charge is 0.378 e. The minimum absolute atomic E-state index is 0.0730. The van der Waals surface area contributed by atoms with Crippen LogP contribution in [0.4, 0.5) is 5.69 Å². The Balaban J connectivity index is 2.09. The number of hydrogen-bond acceptors (Lipinski definition) is 3. The summed E-state index contributed by atoms with van der Waals surface area (Å²) < 4.78 is 0. The van der Waals surface area contributed by atoms with Gasteiger partial charge in [0.1, 0.15) is 0 Å². The van der Waals surface area contributed by atoms with Crippen LogP contribution < -0.4 is 4.90 Å². The van der Waals surface area contributed by atoms with Crippen molar-refractivity contribution in [2.24, 2.45) is 0 Å². The fourth-order valence-electron chi connectivity index (χ4n) is 1.86. The number of rotatable bonds is 4. The molecule has 0 bridgehead atoms. The Hall–Kier alpha value is -2.86. The summed E-state index contributed by atoms with van der Waals surface area (Å²) in [6.07, 6.45) is 3.34. The molecule has 3 heteroatoms. The third-order valence-corrected chi connectivity index (χ3v) is 3.14. The van der Waals surface area contributed by atoms with E-state index in [0.717, 1.165) is 11.3 Å². The van der Waals surface area contributed by atoms with E-state index in [2.05, 4.69) is 0 Å². The van der Waals surface area contributed by atoms with Crippen molar-refractivity contribution in [3.8, 4) is 6.07 Å². The van der Waals surface area contributed by atoms with Gasteiger partial charge in [-0.05, 0) is 48.0 Å². The molecular weight excluding hydrogens is 260 g/mol. The number of nitriles is 1. The first-order chi connectivity index (χ1) is 10.1. The molecule has 0 atom stereocenters. The molecule has 0 heterocycles. The third-order valence-electron chi connectivity index (χ3n) is 3.14. The number of benzene rings is 2. The van der Waals surface area contributed by atoms with Crippen molar-refractivity contribution in [2.45, 2.75) is 0 Å². The quantitative estimate of drug-likeness (QED) is 0.634. The number of anilines is 1. The second-order valence-corrected chi connectivity index (χ2v) is 4.87. The summed E-state index contributed by atoms with van der Waals surface area (Å²) in [7, 11) is 3.97. The zero-order chi connectivity index (χ0) is 15.2. The minimum atomic E-state index is -0.0730. The number of carbonyl (C=O) groups is 1. The predicted octanol–water partition coefficient (Wildman–Crippen LogP) is 3.52. The molecule has 0 N–H and O–H groups in total. The van der Waals surface area contributed by atoms with E-state index in [0.29, 0.717) is 11.1 Å². The Kier molecular flexibility index (Phi) is 4.53. The standard InChI is InChI=1S/C18H16N2O/c1-20(2)17-10-5-14(6-11-17)7-12-18(21)16-8-3-15(13-19)4-9-16/h3-12H,1-2H3. The van der Waals surface area contributed by atoms with Crippen LogP contribution in [0.15, 0.2) is 54.6 Å². The fraction of sp³-hybridized carbons (Fsp3) is 0.111. The summed E-state index contributed by atoms with van der Waals surface area (Å²) >= 11 is 0. The van der Waals surface area contributed by atoms with Crippen LogP contribution in [-0.2, 0) is 0 Å². The smallest absolute Gasteiger partial charge is 0.185 e. The van der Waals surface area contributed by atoms with Crippen molar-refractivity contribution in [3.05, 3.63) is 71.3 Å². The normalized spacial score (nSPS) is 10.3. The van der Waals surface area contributed by atoms with Gasteiger partial charge in [0.25, 0.3) is 0 Å². The Morgan fingerprint density at radius 3 is 2.19 bits per heavy atom. The highest BCUT2D eigenvalue weighted by atomic mass is 16.1. The minimum Gasteiger partial charge on any atom is -0.378 e. The highest BCUT2D eigenvalue weighted by molar-refractivity contribution is 6.06. The summed E-state index contributed by atoms with van der Waals surface area (Å²) in [6, 6.07) is 16.6. The Labute approximate surface area is 124 Å². The van der Waals surface area contributed by atoms with Gasteiger partial charge in [-0.2, -0.15) is 5.26 Å². The van der Waals surface area contributed by atoms with Crippen molar-refractivity contribution < 1.29 is 4.79 Å². The summed E-state index contributed by atoms with van der Waals surface area (Å²) in [6.45, 7) is 0. The van der Waals surface area contributed by atoms with Gasteiger partial charge in [0, 0.05) is 25.3 Å². The van der Waals surface area contributed by atoms with Gasteiger partial charge in [-0.25, -0.2) is 0 Å². The lowest BCUT2D eigenvalue weighted by Gasteiger charge is -2.11. The van der Waals surface area contributed by atoms with E-state index in [9.17, 15) is 4.79 Å². The van der Waals surface area contributed by atoms with Crippen molar-refractivity contribution in [1.82, 2.24) is 0 Å². The van der Waals surface area contributed by atoms with Crippen molar-refractivity contribution in [1.29, 1.82) is 5.26 Å².